The molecular weight excluding hydrogens is 404 g/mol. The second-order valence-electron chi connectivity index (χ2n) is 7.22. The highest BCUT2D eigenvalue weighted by atomic mass is 32.2. The van der Waals surface area contributed by atoms with Crippen molar-refractivity contribution in [3.63, 3.8) is 0 Å². The van der Waals surface area contributed by atoms with E-state index in [1.165, 1.54) is 17.8 Å². The lowest BCUT2D eigenvalue weighted by atomic mass is 10.2. The Morgan fingerprint density at radius 1 is 1.03 bits per heavy atom. The first-order valence-corrected chi connectivity index (χ1v) is 12.7. The molecule has 2 aromatic rings. The Kier molecular flexibility index (Phi) is 7.24. The number of carbonyl (C=O) groups excluding carboxylic acids is 1. The van der Waals surface area contributed by atoms with E-state index in [0.29, 0.717) is 11.3 Å². The first-order valence-electron chi connectivity index (χ1n) is 10.0. The van der Waals surface area contributed by atoms with Crippen LogP contribution in [0.15, 0.2) is 52.3 Å². The number of benzene rings is 2. The van der Waals surface area contributed by atoms with Crippen LogP contribution in [0.25, 0.3) is 0 Å². The summed E-state index contributed by atoms with van der Waals surface area (Å²) in [5.41, 5.74) is 2.11. The van der Waals surface area contributed by atoms with Crippen LogP contribution < -0.4 is 4.72 Å². The predicted octanol–water partition coefficient (Wildman–Crippen LogP) is 4.79. The van der Waals surface area contributed by atoms with Crippen LogP contribution in [0.2, 0.25) is 0 Å². The summed E-state index contributed by atoms with van der Waals surface area (Å²) in [5.74, 6) is -0.0828. The maximum Gasteiger partial charge on any atom is 0.261 e. The van der Waals surface area contributed by atoms with Gasteiger partial charge in [0, 0.05) is 23.7 Å². The van der Waals surface area contributed by atoms with Crippen LogP contribution in [0.3, 0.4) is 0 Å². The zero-order valence-electron chi connectivity index (χ0n) is 17.0. The summed E-state index contributed by atoms with van der Waals surface area (Å²) >= 11 is 1.46. The maximum absolute atomic E-state index is 13.1. The molecule has 29 heavy (non-hydrogen) atoms. The molecule has 0 saturated carbocycles. The summed E-state index contributed by atoms with van der Waals surface area (Å²) in [4.78, 5) is 15.9. The number of hydrogen-bond acceptors (Lipinski definition) is 4. The average Bonchev–Trinajstić information content (AvgIpc) is 3.02. The van der Waals surface area contributed by atoms with E-state index in [1.54, 1.807) is 24.3 Å². The number of likely N-dealkylation sites (tertiary alicyclic amines) is 1. The normalized spacial score (nSPS) is 15.0. The highest BCUT2D eigenvalue weighted by Gasteiger charge is 2.23. The number of anilines is 1. The van der Waals surface area contributed by atoms with Crippen LogP contribution in [0.1, 0.15) is 48.5 Å². The van der Waals surface area contributed by atoms with E-state index in [4.69, 9.17) is 0 Å². The lowest BCUT2D eigenvalue weighted by Crippen LogP contribution is -2.32. The predicted molar refractivity (Wildman–Crippen MR) is 119 cm³/mol. The zero-order valence-corrected chi connectivity index (χ0v) is 18.6. The summed E-state index contributed by atoms with van der Waals surface area (Å²) < 4.78 is 28.5. The third-order valence-electron chi connectivity index (χ3n) is 5.22. The van der Waals surface area contributed by atoms with E-state index in [-0.39, 0.29) is 10.8 Å². The lowest BCUT2D eigenvalue weighted by Gasteiger charge is -2.22. The molecule has 5 nitrogen and oxygen atoms in total. The second-order valence-corrected chi connectivity index (χ2v) is 9.75. The van der Waals surface area contributed by atoms with Crippen molar-refractivity contribution in [2.24, 2.45) is 0 Å². The van der Waals surface area contributed by atoms with E-state index >= 15 is 0 Å². The number of nitrogens with zero attached hydrogens (tertiary/aromatic N) is 1. The van der Waals surface area contributed by atoms with Gasteiger partial charge in [-0.1, -0.05) is 31.9 Å². The monoisotopic (exact) mass is 432 g/mol. The third-order valence-corrected chi connectivity index (χ3v) is 7.39. The molecule has 0 unspecified atom stereocenters. The number of nitrogens with one attached hydrogen (secondary N) is 1. The Hall–Kier alpha value is -1.99. The lowest BCUT2D eigenvalue weighted by molar-refractivity contribution is 0.0758. The van der Waals surface area contributed by atoms with E-state index in [0.717, 1.165) is 55.7 Å². The Bertz CT molecular complexity index is 949. The highest BCUT2D eigenvalue weighted by molar-refractivity contribution is 7.98. The maximum atomic E-state index is 13.1. The molecule has 2 aromatic carbocycles. The number of aryl methyl sites for hydroxylation is 1. The van der Waals surface area contributed by atoms with Crippen LogP contribution in [0.4, 0.5) is 5.69 Å². The van der Waals surface area contributed by atoms with Crippen molar-refractivity contribution < 1.29 is 13.2 Å². The Morgan fingerprint density at radius 2 is 1.69 bits per heavy atom. The highest BCUT2D eigenvalue weighted by Crippen LogP contribution is 2.27. The minimum Gasteiger partial charge on any atom is -0.339 e. The summed E-state index contributed by atoms with van der Waals surface area (Å²) in [6, 6.07) is 12.1. The van der Waals surface area contributed by atoms with Crippen LogP contribution in [0.5, 0.6) is 0 Å². The van der Waals surface area contributed by atoms with Gasteiger partial charge < -0.3 is 4.90 Å². The summed E-state index contributed by atoms with van der Waals surface area (Å²) in [6.07, 6.45) is 7.05. The molecule has 0 radical (unpaired) electrons. The Labute approximate surface area is 177 Å². The number of carbonyl (C=O) groups is 1. The molecular formula is C22H28N2O3S2. The molecule has 156 valence electrons. The van der Waals surface area contributed by atoms with Crippen LogP contribution in [0, 0.1) is 0 Å². The van der Waals surface area contributed by atoms with Crippen LogP contribution >= 0.6 is 11.8 Å². The van der Waals surface area contributed by atoms with Gasteiger partial charge in [0.15, 0.2) is 0 Å². The number of hydrogen-bond donors (Lipinski definition) is 1. The quantitative estimate of drug-likeness (QED) is 0.667. The largest absolute Gasteiger partial charge is 0.339 e. The molecule has 1 heterocycles. The number of rotatable bonds is 6. The van der Waals surface area contributed by atoms with Gasteiger partial charge in [-0.2, -0.15) is 0 Å². The van der Waals surface area contributed by atoms with Gasteiger partial charge in [0.2, 0.25) is 0 Å². The fraction of sp³-hybridized carbons (Fsp3) is 0.409. The molecule has 0 bridgehead atoms. The van der Waals surface area contributed by atoms with Crippen molar-refractivity contribution in [1.82, 2.24) is 4.90 Å². The molecule has 1 fully saturated rings. The smallest absolute Gasteiger partial charge is 0.261 e. The van der Waals surface area contributed by atoms with Crippen molar-refractivity contribution in [1.29, 1.82) is 0 Å². The number of sulfonamides is 1. The van der Waals surface area contributed by atoms with Gasteiger partial charge in [-0.15, -0.1) is 11.8 Å². The molecule has 0 aliphatic carbocycles. The van der Waals surface area contributed by atoms with Gasteiger partial charge in [0.05, 0.1) is 10.5 Å². The molecule has 0 aromatic heterocycles. The van der Waals surface area contributed by atoms with Crippen LogP contribution in [-0.4, -0.2) is 38.6 Å². The zero-order chi connectivity index (χ0) is 20.9. The van der Waals surface area contributed by atoms with Crippen molar-refractivity contribution in [3.8, 4) is 0 Å². The molecule has 3 rings (SSSR count). The van der Waals surface area contributed by atoms with Gasteiger partial charge in [-0.3, -0.25) is 9.52 Å². The molecule has 0 atom stereocenters. The fourth-order valence-corrected chi connectivity index (χ4v) is 5.14. The molecule has 7 heteroatoms. The van der Waals surface area contributed by atoms with E-state index in [1.807, 2.05) is 23.3 Å². The fourth-order valence-electron chi connectivity index (χ4n) is 3.49. The van der Waals surface area contributed by atoms with Crippen molar-refractivity contribution in [2.45, 2.75) is 48.8 Å². The van der Waals surface area contributed by atoms with Crippen LogP contribution in [-0.2, 0) is 16.4 Å². The minimum atomic E-state index is -3.78. The summed E-state index contributed by atoms with van der Waals surface area (Å²) in [5, 5.41) is 0. The number of amides is 1. The Morgan fingerprint density at radius 3 is 2.28 bits per heavy atom. The van der Waals surface area contributed by atoms with Gasteiger partial charge in [-0.05, 0) is 61.4 Å². The van der Waals surface area contributed by atoms with E-state index in [9.17, 15) is 13.2 Å². The SMILES string of the molecule is CCc1ccc(NS(=O)(=O)c2ccc(SC)c(C(=O)N3CCCCCC3)c2)cc1. The minimum absolute atomic E-state index is 0.0828. The van der Waals surface area contributed by atoms with E-state index in [2.05, 4.69) is 11.6 Å². The topological polar surface area (TPSA) is 66.5 Å². The van der Waals surface area contributed by atoms with E-state index < -0.39 is 10.0 Å². The van der Waals surface area contributed by atoms with Gasteiger partial charge in [-0.25, -0.2) is 8.42 Å². The van der Waals surface area contributed by atoms with Gasteiger partial charge in [0.1, 0.15) is 0 Å². The van der Waals surface area contributed by atoms with Gasteiger partial charge in [0.25, 0.3) is 15.9 Å². The number of thioether (sulfide) groups is 1. The first-order chi connectivity index (χ1) is 13.9. The molecule has 0 spiro atoms. The molecule has 1 aliphatic rings. The van der Waals surface area contributed by atoms with Crippen molar-refractivity contribution >= 4 is 33.4 Å². The third kappa shape index (κ3) is 5.34. The van der Waals surface area contributed by atoms with Crippen molar-refractivity contribution in [2.75, 3.05) is 24.1 Å². The summed E-state index contributed by atoms with van der Waals surface area (Å²) in [7, 11) is -3.78. The average molecular weight is 433 g/mol. The molecule has 1 amide bonds. The molecule has 1 aliphatic heterocycles. The molecule has 1 saturated heterocycles. The standard InChI is InChI=1S/C22H28N2O3S2/c1-3-17-8-10-18(11-9-17)23-29(26,27)19-12-13-21(28-2)20(16-19)22(25)24-14-6-4-5-7-15-24/h8-13,16,23H,3-7,14-15H2,1-2H3. The van der Waals surface area contributed by atoms with Gasteiger partial charge >= 0.3 is 0 Å². The second kappa shape index (κ2) is 9.67. The Balaban J connectivity index is 1.88. The van der Waals surface area contributed by atoms with Crippen molar-refractivity contribution in [3.05, 3.63) is 53.6 Å². The first kappa shape index (κ1) is 21.7. The summed E-state index contributed by atoms with van der Waals surface area (Å²) in [6.45, 7) is 3.51. The molecule has 1 N–H and O–H groups in total.